The third kappa shape index (κ3) is 6.24. The lowest BCUT2D eigenvalue weighted by atomic mass is 9.92. The number of thiazole rings is 1. The minimum absolute atomic E-state index is 0.0856. The molecule has 1 aliphatic rings. The van der Waals surface area contributed by atoms with Crippen LogP contribution in [0, 0.1) is 5.92 Å². The molecule has 13 heteroatoms. The summed E-state index contributed by atoms with van der Waals surface area (Å²) < 4.78 is 24.8. The molecule has 1 aromatic carbocycles. The van der Waals surface area contributed by atoms with E-state index in [4.69, 9.17) is 5.73 Å². The van der Waals surface area contributed by atoms with E-state index in [0.717, 1.165) is 11.3 Å². The van der Waals surface area contributed by atoms with E-state index in [2.05, 4.69) is 15.3 Å². The number of nitrogens with one attached hydrogen (secondary N) is 2. The first-order valence-corrected chi connectivity index (χ1v) is 14.6. The Labute approximate surface area is 218 Å². The topological polar surface area (TPSA) is 176 Å². The van der Waals surface area contributed by atoms with Gasteiger partial charge in [-0.05, 0) is 61.9 Å². The van der Waals surface area contributed by atoms with Gasteiger partial charge in [-0.2, -0.15) is 0 Å². The molecule has 1 saturated heterocycles. The SMILES string of the molecule is CS(=O)(=O)N1CCC(CC(=O)c2csc(NC(=O)c3ccc4[nH]c(C(=O)O)c(CCCN)c4c3)n2)CC1. The highest BCUT2D eigenvalue weighted by molar-refractivity contribution is 7.88. The van der Waals surface area contributed by atoms with Crippen LogP contribution in [-0.4, -0.2) is 71.3 Å². The Bertz CT molecular complexity index is 1440. The van der Waals surface area contributed by atoms with Gasteiger partial charge in [-0.15, -0.1) is 11.3 Å². The largest absolute Gasteiger partial charge is 0.477 e. The lowest BCUT2D eigenvalue weighted by Crippen LogP contribution is -2.38. The molecular weight excluding hydrogens is 518 g/mol. The molecule has 0 radical (unpaired) electrons. The lowest BCUT2D eigenvalue weighted by Gasteiger charge is -2.29. The van der Waals surface area contributed by atoms with E-state index in [-0.39, 0.29) is 34.6 Å². The quantitative estimate of drug-likeness (QED) is 0.280. The van der Waals surface area contributed by atoms with Gasteiger partial charge < -0.3 is 15.8 Å². The zero-order chi connectivity index (χ0) is 26.7. The van der Waals surface area contributed by atoms with Gasteiger partial charge in [-0.3, -0.25) is 14.9 Å². The van der Waals surface area contributed by atoms with Gasteiger partial charge in [0.05, 0.1) is 6.26 Å². The van der Waals surface area contributed by atoms with Crippen LogP contribution in [0.2, 0.25) is 0 Å². The van der Waals surface area contributed by atoms with Crippen molar-refractivity contribution < 1.29 is 27.9 Å². The summed E-state index contributed by atoms with van der Waals surface area (Å²) in [4.78, 5) is 44.4. The number of fused-ring (bicyclic) bond motifs is 1. The van der Waals surface area contributed by atoms with Gasteiger partial charge in [0.25, 0.3) is 5.91 Å². The molecule has 0 spiro atoms. The summed E-state index contributed by atoms with van der Waals surface area (Å²) in [5.74, 6) is -1.56. The second-order valence-corrected chi connectivity index (χ2v) is 12.0. The summed E-state index contributed by atoms with van der Waals surface area (Å²) in [6.45, 7) is 1.22. The number of carboxylic acids is 1. The van der Waals surface area contributed by atoms with E-state index in [1.165, 1.54) is 10.6 Å². The van der Waals surface area contributed by atoms with Crippen molar-refractivity contribution in [3.63, 3.8) is 0 Å². The molecule has 0 aliphatic carbocycles. The Morgan fingerprint density at radius 2 is 2.00 bits per heavy atom. The first-order chi connectivity index (χ1) is 17.6. The number of hydrogen-bond donors (Lipinski definition) is 4. The van der Waals surface area contributed by atoms with E-state index >= 15 is 0 Å². The molecule has 11 nitrogen and oxygen atoms in total. The fourth-order valence-corrected chi connectivity index (χ4v) is 6.13. The van der Waals surface area contributed by atoms with Gasteiger partial charge in [-0.1, -0.05) is 0 Å². The number of carboxylic acid groups (broad SMARTS) is 1. The van der Waals surface area contributed by atoms with E-state index in [9.17, 15) is 27.9 Å². The maximum absolute atomic E-state index is 12.9. The number of nitrogens with zero attached hydrogens (tertiary/aromatic N) is 2. The predicted octanol–water partition coefficient (Wildman–Crippen LogP) is 2.71. The smallest absolute Gasteiger partial charge is 0.352 e. The number of anilines is 1. The van der Waals surface area contributed by atoms with Gasteiger partial charge in [0.15, 0.2) is 10.9 Å². The van der Waals surface area contributed by atoms with E-state index < -0.39 is 21.9 Å². The molecule has 0 saturated carbocycles. The highest BCUT2D eigenvalue weighted by Crippen LogP contribution is 2.27. The normalized spacial score (nSPS) is 15.2. The third-order valence-corrected chi connectivity index (χ3v) is 8.60. The molecule has 4 rings (SSSR count). The maximum atomic E-state index is 12.9. The van der Waals surface area contributed by atoms with Crippen molar-refractivity contribution in [2.24, 2.45) is 11.7 Å². The molecule has 0 atom stereocenters. The molecule has 0 unspecified atom stereocenters. The number of piperidine rings is 1. The molecule has 1 fully saturated rings. The van der Waals surface area contributed by atoms with Crippen molar-refractivity contribution in [1.82, 2.24) is 14.3 Å². The number of carbonyl (C=O) groups excluding carboxylic acids is 2. The molecule has 1 aliphatic heterocycles. The van der Waals surface area contributed by atoms with Crippen molar-refractivity contribution in [2.45, 2.75) is 32.1 Å². The van der Waals surface area contributed by atoms with Crippen LogP contribution in [0.3, 0.4) is 0 Å². The van der Waals surface area contributed by atoms with E-state index in [1.54, 1.807) is 23.6 Å². The van der Waals surface area contributed by atoms with Crippen molar-refractivity contribution in [1.29, 1.82) is 0 Å². The number of hydrogen-bond acceptors (Lipinski definition) is 8. The number of ketones is 1. The van der Waals surface area contributed by atoms with Crippen LogP contribution >= 0.6 is 11.3 Å². The summed E-state index contributed by atoms with van der Waals surface area (Å²) in [6, 6.07) is 4.89. The average molecular weight is 548 g/mol. The molecule has 2 aromatic heterocycles. The molecule has 3 heterocycles. The van der Waals surface area contributed by atoms with Crippen molar-refractivity contribution in [3.05, 3.63) is 46.1 Å². The molecule has 1 amide bonds. The Morgan fingerprint density at radius 1 is 1.27 bits per heavy atom. The van der Waals surface area contributed by atoms with Crippen LogP contribution < -0.4 is 11.1 Å². The number of nitrogens with two attached hydrogens (primary N) is 1. The summed E-state index contributed by atoms with van der Waals surface area (Å²) >= 11 is 1.14. The summed E-state index contributed by atoms with van der Waals surface area (Å²) in [5, 5.41) is 14.8. The van der Waals surface area contributed by atoms with Crippen LogP contribution in [0.1, 0.15) is 62.6 Å². The summed E-state index contributed by atoms with van der Waals surface area (Å²) in [5.41, 5.74) is 7.51. The minimum atomic E-state index is -3.22. The highest BCUT2D eigenvalue weighted by atomic mass is 32.2. The molecule has 0 bridgehead atoms. The van der Waals surface area contributed by atoms with Crippen LogP contribution in [-0.2, 0) is 16.4 Å². The number of aromatic amines is 1. The minimum Gasteiger partial charge on any atom is -0.477 e. The maximum Gasteiger partial charge on any atom is 0.352 e. The van der Waals surface area contributed by atoms with Crippen LogP contribution in [0.4, 0.5) is 5.13 Å². The fourth-order valence-electron chi connectivity index (χ4n) is 4.55. The van der Waals surface area contributed by atoms with Crippen LogP contribution in [0.15, 0.2) is 23.6 Å². The number of benzene rings is 1. The number of aromatic nitrogens is 2. The summed E-state index contributed by atoms with van der Waals surface area (Å²) in [6.07, 6.45) is 3.77. The standard InChI is InChI=1S/C24H29N5O6S2/c1-37(34,35)29-9-6-14(7-10-29)11-20(30)19-13-36-24(27-19)28-22(31)15-4-5-18-17(12-15)16(3-2-8-25)21(26-18)23(32)33/h4-5,12-14,26H,2-3,6-11,25H2,1H3,(H,32,33)(H,27,28,31). The molecular formula is C24H29N5O6S2. The van der Waals surface area contributed by atoms with Crippen LogP contribution in [0.5, 0.6) is 0 Å². The molecule has 198 valence electrons. The van der Waals surface area contributed by atoms with Gasteiger partial charge in [0.2, 0.25) is 10.0 Å². The van der Waals surface area contributed by atoms with Gasteiger partial charge in [-0.25, -0.2) is 22.5 Å². The Morgan fingerprint density at radius 3 is 2.65 bits per heavy atom. The zero-order valence-electron chi connectivity index (χ0n) is 20.3. The second-order valence-electron chi connectivity index (χ2n) is 9.16. The molecule has 5 N–H and O–H groups in total. The van der Waals surface area contributed by atoms with Gasteiger partial charge >= 0.3 is 5.97 Å². The fraction of sp³-hybridized carbons (Fsp3) is 0.417. The number of carbonyl (C=O) groups is 3. The Kier molecular flexibility index (Phi) is 8.07. The number of aromatic carboxylic acids is 1. The first-order valence-electron chi connectivity index (χ1n) is 11.9. The third-order valence-electron chi connectivity index (χ3n) is 6.54. The highest BCUT2D eigenvalue weighted by Gasteiger charge is 2.27. The number of rotatable bonds is 10. The number of amides is 1. The van der Waals surface area contributed by atoms with Crippen molar-refractivity contribution in [3.8, 4) is 0 Å². The molecule has 3 aromatic rings. The second kappa shape index (κ2) is 11.1. The average Bonchev–Trinajstić information content (AvgIpc) is 3.47. The van der Waals surface area contributed by atoms with Crippen LogP contribution in [0.25, 0.3) is 10.9 Å². The summed E-state index contributed by atoms with van der Waals surface area (Å²) in [7, 11) is -3.22. The number of Topliss-reactive ketones (excluding diaryl/α,β-unsaturated/α-hetero) is 1. The Balaban J connectivity index is 1.42. The zero-order valence-corrected chi connectivity index (χ0v) is 22.0. The van der Waals surface area contributed by atoms with E-state index in [0.29, 0.717) is 67.3 Å². The predicted molar refractivity (Wildman–Crippen MR) is 141 cm³/mol. The lowest BCUT2D eigenvalue weighted by molar-refractivity contribution is 0.0689. The number of sulfonamides is 1. The molecule has 37 heavy (non-hydrogen) atoms. The first kappa shape index (κ1) is 26.9. The number of aryl methyl sites for hydroxylation is 1. The van der Waals surface area contributed by atoms with Gasteiger partial charge in [0.1, 0.15) is 11.4 Å². The monoisotopic (exact) mass is 547 g/mol. The van der Waals surface area contributed by atoms with Crippen molar-refractivity contribution >= 4 is 55.1 Å². The van der Waals surface area contributed by atoms with Crippen molar-refractivity contribution in [2.75, 3.05) is 31.2 Å². The Hall–Kier alpha value is -3.13. The van der Waals surface area contributed by atoms with E-state index in [1.807, 2.05) is 0 Å². The van der Waals surface area contributed by atoms with Gasteiger partial charge in [0, 0.05) is 41.4 Å². The number of H-pyrrole nitrogens is 1.